The van der Waals surface area contributed by atoms with Gasteiger partial charge in [0.25, 0.3) is 11.8 Å². The summed E-state index contributed by atoms with van der Waals surface area (Å²) in [6.07, 6.45) is 1.48. The molecule has 2 aromatic carbocycles. The zero-order chi connectivity index (χ0) is 22.0. The number of aromatic nitrogens is 1. The maximum absolute atomic E-state index is 13.1. The Morgan fingerprint density at radius 1 is 1.06 bits per heavy atom. The molecule has 0 unspecified atom stereocenters. The van der Waals surface area contributed by atoms with Crippen molar-refractivity contribution in [2.75, 3.05) is 13.1 Å². The summed E-state index contributed by atoms with van der Waals surface area (Å²) in [6, 6.07) is 15.1. The molecule has 2 amide bonds. The van der Waals surface area contributed by atoms with E-state index in [1.54, 1.807) is 0 Å². The zero-order valence-corrected chi connectivity index (χ0v) is 19.1. The summed E-state index contributed by atoms with van der Waals surface area (Å²) >= 11 is 7.38. The van der Waals surface area contributed by atoms with Crippen LogP contribution in [0.15, 0.2) is 48.5 Å². The predicted molar refractivity (Wildman–Crippen MR) is 125 cm³/mol. The number of halogens is 1. The van der Waals surface area contributed by atoms with E-state index >= 15 is 0 Å². The minimum atomic E-state index is -0.0474. The highest BCUT2D eigenvalue weighted by atomic mass is 35.5. The molecule has 3 aromatic rings. The number of hydrogen-bond donors (Lipinski definition) is 1. The molecule has 1 aliphatic heterocycles. The molecule has 0 aliphatic carbocycles. The van der Waals surface area contributed by atoms with E-state index in [0.717, 1.165) is 34.7 Å². The van der Waals surface area contributed by atoms with Crippen molar-refractivity contribution in [3.8, 4) is 10.6 Å². The molecular formula is C24H24ClN3O2S. The van der Waals surface area contributed by atoms with Gasteiger partial charge in [0.2, 0.25) is 0 Å². The Labute approximate surface area is 191 Å². The third-order valence-corrected chi connectivity index (χ3v) is 7.04. The lowest BCUT2D eigenvalue weighted by Crippen LogP contribution is -2.46. The van der Waals surface area contributed by atoms with E-state index in [-0.39, 0.29) is 17.9 Å². The van der Waals surface area contributed by atoms with E-state index in [1.165, 1.54) is 11.3 Å². The second kappa shape index (κ2) is 9.20. The summed E-state index contributed by atoms with van der Waals surface area (Å²) in [4.78, 5) is 32.8. The van der Waals surface area contributed by atoms with Gasteiger partial charge in [-0.2, -0.15) is 0 Å². The molecule has 1 saturated heterocycles. The molecule has 0 saturated carbocycles. The number of rotatable bonds is 4. The van der Waals surface area contributed by atoms with Crippen molar-refractivity contribution >= 4 is 34.8 Å². The van der Waals surface area contributed by atoms with Gasteiger partial charge in [-0.3, -0.25) is 9.59 Å². The van der Waals surface area contributed by atoms with E-state index in [1.807, 2.05) is 67.3 Å². The van der Waals surface area contributed by atoms with E-state index in [2.05, 4.69) is 10.3 Å². The lowest BCUT2D eigenvalue weighted by atomic mass is 10.0. The summed E-state index contributed by atoms with van der Waals surface area (Å²) in [5, 5.41) is 4.61. The van der Waals surface area contributed by atoms with E-state index in [4.69, 9.17) is 11.6 Å². The predicted octanol–water partition coefficient (Wildman–Crippen LogP) is 5.11. The molecule has 2 heterocycles. The highest BCUT2D eigenvalue weighted by Gasteiger charge is 2.27. The Balaban J connectivity index is 1.38. The van der Waals surface area contributed by atoms with Crippen LogP contribution in [0.5, 0.6) is 0 Å². The highest BCUT2D eigenvalue weighted by Crippen LogP contribution is 2.30. The van der Waals surface area contributed by atoms with Crippen molar-refractivity contribution in [3.63, 3.8) is 0 Å². The van der Waals surface area contributed by atoms with Crippen LogP contribution in [0, 0.1) is 13.8 Å². The normalized spacial score (nSPS) is 14.5. The first kappa shape index (κ1) is 21.5. The van der Waals surface area contributed by atoms with Crippen LogP contribution in [-0.2, 0) is 0 Å². The van der Waals surface area contributed by atoms with Gasteiger partial charge in [0.05, 0.1) is 5.69 Å². The fourth-order valence-electron chi connectivity index (χ4n) is 3.77. The quantitative estimate of drug-likeness (QED) is 0.596. The summed E-state index contributed by atoms with van der Waals surface area (Å²) in [6.45, 7) is 5.04. The lowest BCUT2D eigenvalue weighted by Gasteiger charge is -2.32. The molecule has 160 valence electrons. The Morgan fingerprint density at radius 2 is 1.74 bits per heavy atom. The molecule has 31 heavy (non-hydrogen) atoms. The van der Waals surface area contributed by atoms with Crippen molar-refractivity contribution in [2.24, 2.45) is 0 Å². The summed E-state index contributed by atoms with van der Waals surface area (Å²) in [5.41, 5.74) is 3.37. The summed E-state index contributed by atoms with van der Waals surface area (Å²) in [5.74, 6) is -0.0346. The van der Waals surface area contributed by atoms with Crippen LogP contribution in [0.1, 0.15) is 44.1 Å². The SMILES string of the molecule is Cc1ccccc1C(=O)NC1CCN(C(=O)c2sc(-c3ccc(Cl)cc3)nc2C)CC1. The Hall–Kier alpha value is -2.70. The first-order chi connectivity index (χ1) is 14.9. The topological polar surface area (TPSA) is 62.3 Å². The molecule has 4 rings (SSSR count). The number of likely N-dealkylation sites (tertiary alicyclic amines) is 1. The molecule has 1 fully saturated rings. The molecule has 7 heteroatoms. The fraction of sp³-hybridized carbons (Fsp3) is 0.292. The smallest absolute Gasteiger partial charge is 0.265 e. The van der Waals surface area contributed by atoms with E-state index in [9.17, 15) is 9.59 Å². The van der Waals surface area contributed by atoms with Crippen molar-refractivity contribution in [2.45, 2.75) is 32.7 Å². The van der Waals surface area contributed by atoms with Crippen LogP contribution in [0.25, 0.3) is 10.6 Å². The van der Waals surface area contributed by atoms with Crippen LogP contribution in [-0.4, -0.2) is 40.8 Å². The number of piperidine rings is 1. The number of thiazole rings is 1. The molecule has 0 spiro atoms. The van der Waals surface area contributed by atoms with Crippen molar-refractivity contribution in [3.05, 3.63) is 75.3 Å². The van der Waals surface area contributed by atoms with Gasteiger partial charge in [0.1, 0.15) is 9.88 Å². The Bertz CT molecular complexity index is 1100. The van der Waals surface area contributed by atoms with Crippen LogP contribution < -0.4 is 5.32 Å². The summed E-state index contributed by atoms with van der Waals surface area (Å²) < 4.78 is 0. The minimum absolute atomic E-state index is 0.0129. The van der Waals surface area contributed by atoms with Gasteiger partial charge in [0.15, 0.2) is 0 Å². The maximum Gasteiger partial charge on any atom is 0.265 e. The van der Waals surface area contributed by atoms with Gasteiger partial charge in [-0.1, -0.05) is 41.9 Å². The number of carbonyl (C=O) groups is 2. The van der Waals surface area contributed by atoms with Crippen LogP contribution in [0.2, 0.25) is 5.02 Å². The zero-order valence-electron chi connectivity index (χ0n) is 17.5. The van der Waals surface area contributed by atoms with Gasteiger partial charge in [0, 0.05) is 35.3 Å². The molecule has 1 N–H and O–H groups in total. The van der Waals surface area contributed by atoms with Gasteiger partial charge in [-0.15, -0.1) is 11.3 Å². The maximum atomic E-state index is 13.1. The van der Waals surface area contributed by atoms with Gasteiger partial charge >= 0.3 is 0 Å². The number of amides is 2. The van der Waals surface area contributed by atoms with Crippen LogP contribution >= 0.6 is 22.9 Å². The Kier molecular flexibility index (Phi) is 6.39. The fourth-order valence-corrected chi connectivity index (χ4v) is 4.94. The van der Waals surface area contributed by atoms with Gasteiger partial charge in [-0.05, 0) is 50.5 Å². The number of nitrogens with zero attached hydrogens (tertiary/aromatic N) is 2. The van der Waals surface area contributed by atoms with Crippen molar-refractivity contribution in [1.29, 1.82) is 0 Å². The van der Waals surface area contributed by atoms with E-state index < -0.39 is 0 Å². The monoisotopic (exact) mass is 453 g/mol. The standard InChI is InChI=1S/C24H24ClN3O2S/c1-15-5-3-4-6-20(15)22(29)27-19-11-13-28(14-12-19)24(30)21-16(2)26-23(31-21)17-7-9-18(25)10-8-17/h3-10,19H,11-14H2,1-2H3,(H,27,29). The molecule has 0 radical (unpaired) electrons. The third-order valence-electron chi connectivity index (χ3n) is 5.59. The second-order valence-corrected chi connectivity index (χ2v) is 9.23. The third kappa shape index (κ3) is 4.81. The summed E-state index contributed by atoms with van der Waals surface area (Å²) in [7, 11) is 0. The van der Waals surface area contributed by atoms with Crippen molar-refractivity contribution in [1.82, 2.24) is 15.2 Å². The average Bonchev–Trinajstić information content (AvgIpc) is 3.16. The highest BCUT2D eigenvalue weighted by molar-refractivity contribution is 7.17. The number of aryl methyl sites for hydroxylation is 2. The van der Waals surface area contributed by atoms with Gasteiger partial charge in [-0.25, -0.2) is 4.98 Å². The lowest BCUT2D eigenvalue weighted by molar-refractivity contribution is 0.0702. The molecular weight excluding hydrogens is 430 g/mol. The Morgan fingerprint density at radius 3 is 2.42 bits per heavy atom. The first-order valence-electron chi connectivity index (χ1n) is 10.3. The van der Waals surface area contributed by atoms with E-state index in [0.29, 0.717) is 28.6 Å². The van der Waals surface area contributed by atoms with Crippen LogP contribution in [0.4, 0.5) is 0 Å². The average molecular weight is 454 g/mol. The number of carbonyl (C=O) groups excluding carboxylic acids is 2. The van der Waals surface area contributed by atoms with Gasteiger partial charge < -0.3 is 10.2 Å². The molecule has 1 aliphatic rings. The molecule has 0 bridgehead atoms. The number of nitrogens with one attached hydrogen (secondary N) is 1. The number of hydrogen-bond acceptors (Lipinski definition) is 4. The molecule has 1 aromatic heterocycles. The molecule has 0 atom stereocenters. The van der Waals surface area contributed by atoms with Crippen molar-refractivity contribution < 1.29 is 9.59 Å². The number of benzene rings is 2. The first-order valence-corrected chi connectivity index (χ1v) is 11.5. The molecule has 5 nitrogen and oxygen atoms in total. The second-order valence-electron chi connectivity index (χ2n) is 7.80. The minimum Gasteiger partial charge on any atom is -0.349 e. The van der Waals surface area contributed by atoms with Crippen LogP contribution in [0.3, 0.4) is 0 Å². The largest absolute Gasteiger partial charge is 0.349 e.